The first kappa shape index (κ1) is 33.8. The number of alkyl halides is 6. The predicted molar refractivity (Wildman–Crippen MR) is 138 cm³/mol. The van der Waals surface area contributed by atoms with Crippen LogP contribution in [0.3, 0.4) is 0 Å². The number of nitrogens with one attached hydrogen (secondary N) is 1. The van der Waals surface area contributed by atoms with Gasteiger partial charge in [-0.25, -0.2) is 4.79 Å². The van der Waals surface area contributed by atoms with E-state index in [9.17, 15) is 40.7 Å². The molecule has 8 nitrogen and oxygen atoms in total. The van der Waals surface area contributed by atoms with Crippen molar-refractivity contribution in [2.24, 2.45) is 0 Å². The molecule has 1 N–H and O–H groups in total. The highest BCUT2D eigenvalue weighted by Gasteiger charge is 2.60. The summed E-state index contributed by atoms with van der Waals surface area (Å²) in [7, 11) is 0. The van der Waals surface area contributed by atoms with Crippen molar-refractivity contribution in [3.8, 4) is 5.75 Å². The van der Waals surface area contributed by atoms with Crippen molar-refractivity contribution in [1.82, 2.24) is 10.2 Å². The second kappa shape index (κ2) is 13.3. The van der Waals surface area contributed by atoms with Gasteiger partial charge in [-0.2, -0.15) is 26.3 Å². The van der Waals surface area contributed by atoms with E-state index in [0.29, 0.717) is 61.1 Å². The average Bonchev–Trinajstić information content (AvgIpc) is 3.24. The Morgan fingerprint density at radius 2 is 1.76 bits per heavy atom. The predicted octanol–water partition coefficient (Wildman–Crippen LogP) is 6.24. The van der Waals surface area contributed by atoms with Crippen LogP contribution in [0.25, 0.3) is 0 Å². The van der Waals surface area contributed by atoms with E-state index in [0.717, 1.165) is 4.90 Å². The fourth-order valence-electron chi connectivity index (χ4n) is 5.31. The molecule has 2 aliphatic heterocycles. The van der Waals surface area contributed by atoms with E-state index in [1.165, 1.54) is 12.1 Å². The molecule has 0 bridgehead atoms. The second-order valence-electron chi connectivity index (χ2n) is 11.2. The number of hydrogen-bond donors (Lipinski definition) is 1. The highest BCUT2D eigenvalue weighted by atomic mass is 35.5. The lowest BCUT2D eigenvalue weighted by Gasteiger charge is -2.40. The van der Waals surface area contributed by atoms with E-state index in [4.69, 9.17) is 21.1 Å². The van der Waals surface area contributed by atoms with Crippen LogP contribution >= 0.6 is 11.6 Å². The van der Waals surface area contributed by atoms with Gasteiger partial charge in [-0.15, -0.1) is 0 Å². The number of rotatable bonds is 10. The summed E-state index contributed by atoms with van der Waals surface area (Å²) in [6.07, 6.45) is -13.8. The summed E-state index contributed by atoms with van der Waals surface area (Å²) in [5.41, 5.74) is -0.923. The number of esters is 1. The van der Waals surface area contributed by atoms with Gasteiger partial charge in [0.1, 0.15) is 11.4 Å². The Morgan fingerprint density at radius 1 is 1.12 bits per heavy atom. The Bertz CT molecular complexity index is 1110. The number of aldehydes is 1. The van der Waals surface area contributed by atoms with E-state index in [-0.39, 0.29) is 32.2 Å². The number of carbonyl (C=O) groups is 3. The Hall–Kier alpha value is -2.74. The van der Waals surface area contributed by atoms with Gasteiger partial charge in [0.15, 0.2) is 6.29 Å². The van der Waals surface area contributed by atoms with E-state index in [1.54, 1.807) is 19.9 Å². The van der Waals surface area contributed by atoms with Crippen LogP contribution in [-0.2, 0) is 14.3 Å². The number of nitrogens with zero attached hydrogens (tertiary/aromatic N) is 1. The Balaban J connectivity index is 1.41. The first-order valence-corrected chi connectivity index (χ1v) is 13.8. The smallest absolute Gasteiger partial charge is 0.434 e. The standard InChI is InChI=1S/C27H33ClF6N2O6/c1-24(2,42-21(38)4-3-13-40-20-14-18(28)6-5-17(20)16-37)15-19-7-8-25(35-19)9-11-36(12-10-25)23(39)41-22(26(29,30)31)27(32,33)34/h5-6,14,16,19,22,35H,3-4,7-13,15H2,1-2H3. The normalized spacial score (nSPS) is 19.2. The maximum absolute atomic E-state index is 12.7. The molecule has 1 unspecified atom stereocenters. The molecule has 0 aliphatic carbocycles. The number of amides is 1. The second-order valence-corrected chi connectivity index (χ2v) is 11.6. The minimum absolute atomic E-state index is 0.0564. The number of ether oxygens (including phenoxy) is 3. The largest absolute Gasteiger partial charge is 0.493 e. The molecule has 42 heavy (non-hydrogen) atoms. The molecule has 2 aliphatic rings. The number of halogens is 7. The molecule has 1 amide bonds. The van der Waals surface area contributed by atoms with Crippen molar-refractivity contribution in [3.63, 3.8) is 0 Å². The highest BCUT2D eigenvalue weighted by Crippen LogP contribution is 2.38. The Labute approximate surface area is 244 Å². The van der Waals surface area contributed by atoms with Gasteiger partial charge in [-0.3, -0.25) is 9.59 Å². The molecule has 2 heterocycles. The molecule has 0 saturated carbocycles. The van der Waals surface area contributed by atoms with Crippen LogP contribution in [0.4, 0.5) is 31.1 Å². The number of likely N-dealkylation sites (tertiary alicyclic amines) is 1. The minimum Gasteiger partial charge on any atom is -0.493 e. The minimum atomic E-state index is -5.77. The molecule has 2 fully saturated rings. The molecular formula is C27H33ClF6N2O6. The van der Waals surface area contributed by atoms with E-state index < -0.39 is 41.7 Å². The topological polar surface area (TPSA) is 94.2 Å². The first-order valence-electron chi connectivity index (χ1n) is 13.4. The highest BCUT2D eigenvalue weighted by molar-refractivity contribution is 6.30. The summed E-state index contributed by atoms with van der Waals surface area (Å²) in [4.78, 5) is 36.5. The third-order valence-electron chi connectivity index (χ3n) is 7.29. The van der Waals surface area contributed by atoms with Crippen molar-refractivity contribution >= 4 is 29.9 Å². The fraction of sp³-hybridized carbons (Fsp3) is 0.667. The van der Waals surface area contributed by atoms with Crippen LogP contribution in [0.5, 0.6) is 5.75 Å². The first-order chi connectivity index (χ1) is 19.4. The Morgan fingerprint density at radius 3 is 2.36 bits per heavy atom. The van der Waals surface area contributed by atoms with Crippen molar-refractivity contribution < 1.29 is 54.9 Å². The third kappa shape index (κ3) is 9.38. The lowest BCUT2D eigenvalue weighted by atomic mass is 9.86. The molecule has 236 valence electrons. The molecule has 1 atom stereocenters. The third-order valence-corrected chi connectivity index (χ3v) is 7.52. The van der Waals surface area contributed by atoms with Crippen LogP contribution in [0.15, 0.2) is 18.2 Å². The van der Waals surface area contributed by atoms with Crippen LogP contribution in [0.2, 0.25) is 5.02 Å². The van der Waals surface area contributed by atoms with Crippen molar-refractivity contribution in [3.05, 3.63) is 28.8 Å². The zero-order valence-electron chi connectivity index (χ0n) is 23.1. The van der Waals surface area contributed by atoms with Gasteiger partial charge in [-0.05, 0) is 64.2 Å². The average molecular weight is 631 g/mol. The molecule has 1 aromatic carbocycles. The van der Waals surface area contributed by atoms with E-state index in [2.05, 4.69) is 10.1 Å². The van der Waals surface area contributed by atoms with Gasteiger partial charge in [0.25, 0.3) is 6.10 Å². The zero-order valence-corrected chi connectivity index (χ0v) is 23.8. The van der Waals surface area contributed by atoms with Crippen LogP contribution in [0, 0.1) is 0 Å². The van der Waals surface area contributed by atoms with Crippen LogP contribution < -0.4 is 10.1 Å². The molecule has 0 radical (unpaired) electrons. The van der Waals surface area contributed by atoms with Gasteiger partial charge in [-0.1, -0.05) is 11.6 Å². The maximum atomic E-state index is 12.7. The van der Waals surface area contributed by atoms with Gasteiger partial charge in [0.05, 0.1) is 12.2 Å². The number of benzene rings is 1. The van der Waals surface area contributed by atoms with Gasteiger partial charge in [0.2, 0.25) is 0 Å². The van der Waals surface area contributed by atoms with Crippen LogP contribution in [-0.4, -0.2) is 78.6 Å². The van der Waals surface area contributed by atoms with Gasteiger partial charge in [0, 0.05) is 42.5 Å². The van der Waals surface area contributed by atoms with Crippen molar-refractivity contribution in [2.75, 3.05) is 19.7 Å². The lowest BCUT2D eigenvalue weighted by molar-refractivity contribution is -0.308. The quantitative estimate of drug-likeness (QED) is 0.142. The number of hydrogen-bond acceptors (Lipinski definition) is 7. The molecule has 15 heteroatoms. The lowest BCUT2D eigenvalue weighted by Crippen LogP contribution is -2.55. The molecule has 2 saturated heterocycles. The van der Waals surface area contributed by atoms with E-state index >= 15 is 0 Å². The number of piperidine rings is 1. The van der Waals surface area contributed by atoms with Crippen molar-refractivity contribution in [2.45, 2.75) is 94.4 Å². The molecular weight excluding hydrogens is 598 g/mol. The summed E-state index contributed by atoms with van der Waals surface area (Å²) in [6.45, 7) is 3.58. The summed E-state index contributed by atoms with van der Waals surface area (Å²) in [6, 6.07) is 4.56. The number of carbonyl (C=O) groups excluding carboxylic acids is 3. The molecule has 3 rings (SSSR count). The summed E-state index contributed by atoms with van der Waals surface area (Å²) in [5, 5.41) is 3.89. The maximum Gasteiger partial charge on any atom is 0.434 e. The summed E-state index contributed by atoms with van der Waals surface area (Å²) >= 11 is 5.93. The summed E-state index contributed by atoms with van der Waals surface area (Å²) < 4.78 is 91.5. The summed E-state index contributed by atoms with van der Waals surface area (Å²) in [5.74, 6) is -0.108. The fourth-order valence-corrected chi connectivity index (χ4v) is 5.47. The SMILES string of the molecule is CC(C)(CC1CCC2(CCN(C(=O)OC(C(F)(F)F)C(F)(F)F)CC2)N1)OC(=O)CCCOc1cc(Cl)ccc1C=O. The van der Waals surface area contributed by atoms with Crippen molar-refractivity contribution in [1.29, 1.82) is 0 Å². The molecule has 1 spiro atoms. The molecule has 0 aromatic heterocycles. The monoisotopic (exact) mass is 630 g/mol. The Kier molecular flexibility index (Phi) is 10.7. The van der Waals surface area contributed by atoms with Gasteiger partial charge >= 0.3 is 24.4 Å². The molecule has 1 aromatic rings. The van der Waals surface area contributed by atoms with E-state index in [1.807, 2.05) is 0 Å². The zero-order chi connectivity index (χ0) is 31.3. The van der Waals surface area contributed by atoms with Gasteiger partial charge < -0.3 is 24.4 Å². The van der Waals surface area contributed by atoms with Crippen LogP contribution in [0.1, 0.15) is 69.2 Å².